The van der Waals surface area contributed by atoms with Gasteiger partial charge in [-0.1, -0.05) is 6.07 Å². The Balaban J connectivity index is 1.49. The largest absolute Gasteiger partial charge is 0.493 e. The van der Waals surface area contributed by atoms with Crippen molar-refractivity contribution in [1.82, 2.24) is 4.57 Å². The van der Waals surface area contributed by atoms with Crippen LogP contribution in [0, 0.1) is 25.2 Å². The van der Waals surface area contributed by atoms with Gasteiger partial charge in [0.15, 0.2) is 29.6 Å². The number of carbonyl (C=O) groups excluding carboxylic acids is 1. The fourth-order valence-corrected chi connectivity index (χ4v) is 3.63. The standard InChI is InChI=1S/C24H22N2O5/c1-15-8-19(20(27)13-29-21-6-4-17(11-25)9-23(21)28-3)16(2)26(15)12-18-5-7-22-24(10-18)31-14-30-22/h4-10H,12-14H2,1-3H3. The zero-order valence-corrected chi connectivity index (χ0v) is 17.6. The van der Waals surface area contributed by atoms with Crippen LogP contribution in [0.1, 0.15) is 32.9 Å². The summed E-state index contributed by atoms with van der Waals surface area (Å²) in [4.78, 5) is 12.9. The first-order chi connectivity index (χ1) is 15.0. The van der Waals surface area contributed by atoms with E-state index in [4.69, 9.17) is 24.2 Å². The zero-order valence-electron chi connectivity index (χ0n) is 17.6. The minimum Gasteiger partial charge on any atom is -0.493 e. The molecule has 2 heterocycles. The zero-order chi connectivity index (χ0) is 22.0. The van der Waals surface area contributed by atoms with Crippen LogP contribution in [0.15, 0.2) is 42.5 Å². The number of ether oxygens (including phenoxy) is 4. The van der Waals surface area contributed by atoms with Crippen LogP contribution >= 0.6 is 0 Å². The summed E-state index contributed by atoms with van der Waals surface area (Å²) >= 11 is 0. The van der Waals surface area contributed by atoms with Gasteiger partial charge in [0.2, 0.25) is 12.6 Å². The maximum atomic E-state index is 12.9. The molecule has 3 aromatic rings. The minimum absolute atomic E-state index is 0.128. The molecule has 0 saturated carbocycles. The monoisotopic (exact) mass is 418 g/mol. The van der Waals surface area contributed by atoms with Crippen molar-refractivity contribution in [1.29, 1.82) is 5.26 Å². The highest BCUT2D eigenvalue weighted by Gasteiger charge is 2.19. The molecule has 0 atom stereocenters. The van der Waals surface area contributed by atoms with Crippen LogP contribution in [0.2, 0.25) is 0 Å². The molecule has 7 nitrogen and oxygen atoms in total. The Hall–Kier alpha value is -3.92. The molecule has 0 spiro atoms. The number of nitriles is 1. The fraction of sp³-hybridized carbons (Fsp3) is 0.250. The number of ketones is 1. The summed E-state index contributed by atoms with van der Waals surface area (Å²) in [7, 11) is 1.49. The Morgan fingerprint density at radius 3 is 2.68 bits per heavy atom. The van der Waals surface area contributed by atoms with Crippen LogP contribution in [0.25, 0.3) is 0 Å². The van der Waals surface area contributed by atoms with Crippen LogP contribution in [0.4, 0.5) is 0 Å². The summed E-state index contributed by atoms with van der Waals surface area (Å²) in [5.74, 6) is 2.19. The third-order valence-corrected chi connectivity index (χ3v) is 5.30. The summed E-state index contributed by atoms with van der Waals surface area (Å²) < 4.78 is 23.9. The summed E-state index contributed by atoms with van der Waals surface area (Å²) in [5, 5.41) is 9.01. The smallest absolute Gasteiger partial charge is 0.231 e. The van der Waals surface area contributed by atoms with Gasteiger partial charge in [0.05, 0.1) is 18.7 Å². The van der Waals surface area contributed by atoms with E-state index in [1.807, 2.05) is 44.2 Å². The molecule has 0 radical (unpaired) electrons. The quantitative estimate of drug-likeness (QED) is 0.539. The van der Waals surface area contributed by atoms with E-state index in [1.54, 1.807) is 18.2 Å². The maximum absolute atomic E-state index is 12.9. The highest BCUT2D eigenvalue weighted by molar-refractivity contribution is 5.98. The van der Waals surface area contributed by atoms with E-state index in [9.17, 15) is 4.79 Å². The second-order valence-electron chi connectivity index (χ2n) is 7.25. The van der Waals surface area contributed by atoms with Crippen LogP contribution in [-0.4, -0.2) is 30.9 Å². The van der Waals surface area contributed by atoms with Gasteiger partial charge >= 0.3 is 0 Å². The molecule has 0 unspecified atom stereocenters. The van der Waals surface area contributed by atoms with Gasteiger partial charge in [-0.05, 0) is 49.7 Å². The molecule has 1 aliphatic heterocycles. The van der Waals surface area contributed by atoms with Gasteiger partial charge in [0.25, 0.3) is 0 Å². The van der Waals surface area contributed by atoms with Gasteiger partial charge in [-0.2, -0.15) is 5.26 Å². The van der Waals surface area contributed by atoms with Crippen LogP contribution in [-0.2, 0) is 6.54 Å². The van der Waals surface area contributed by atoms with E-state index in [0.717, 1.165) is 28.5 Å². The lowest BCUT2D eigenvalue weighted by Crippen LogP contribution is -2.13. The molecule has 1 aromatic heterocycles. The molecule has 7 heteroatoms. The number of Topliss-reactive ketones (excluding diaryl/α,β-unsaturated/α-hetero) is 1. The Morgan fingerprint density at radius 2 is 1.90 bits per heavy atom. The van der Waals surface area contributed by atoms with Crippen molar-refractivity contribution < 1.29 is 23.7 Å². The molecular formula is C24H22N2O5. The van der Waals surface area contributed by atoms with Crippen molar-refractivity contribution >= 4 is 5.78 Å². The summed E-state index contributed by atoms with van der Waals surface area (Å²) in [6.45, 7) is 4.63. The number of aromatic nitrogens is 1. The highest BCUT2D eigenvalue weighted by atomic mass is 16.7. The topological polar surface area (TPSA) is 82.7 Å². The highest BCUT2D eigenvalue weighted by Crippen LogP contribution is 2.33. The molecule has 0 amide bonds. The molecule has 0 aliphatic carbocycles. The number of hydrogen-bond donors (Lipinski definition) is 0. The van der Waals surface area contributed by atoms with E-state index >= 15 is 0 Å². The minimum atomic E-state index is -0.128. The van der Waals surface area contributed by atoms with Crippen molar-refractivity contribution in [2.75, 3.05) is 20.5 Å². The molecular weight excluding hydrogens is 396 g/mol. The summed E-state index contributed by atoms with van der Waals surface area (Å²) in [6.07, 6.45) is 0. The van der Waals surface area contributed by atoms with E-state index < -0.39 is 0 Å². The van der Waals surface area contributed by atoms with Gasteiger partial charge in [0.1, 0.15) is 0 Å². The molecule has 0 fully saturated rings. The van der Waals surface area contributed by atoms with Crippen LogP contribution in [0.5, 0.6) is 23.0 Å². The lowest BCUT2D eigenvalue weighted by molar-refractivity contribution is 0.0918. The molecule has 2 aromatic carbocycles. The number of hydrogen-bond acceptors (Lipinski definition) is 6. The van der Waals surface area contributed by atoms with Gasteiger partial charge in [-0.25, -0.2) is 0 Å². The third-order valence-electron chi connectivity index (χ3n) is 5.30. The normalized spacial score (nSPS) is 11.8. The van der Waals surface area contributed by atoms with E-state index in [2.05, 4.69) is 4.57 Å². The summed E-state index contributed by atoms with van der Waals surface area (Å²) in [5.41, 5.74) is 3.99. The Kier molecular flexibility index (Phi) is 5.54. The van der Waals surface area contributed by atoms with Gasteiger partial charge in [-0.15, -0.1) is 0 Å². The van der Waals surface area contributed by atoms with Crippen molar-refractivity contribution in [3.63, 3.8) is 0 Å². The average molecular weight is 418 g/mol. The maximum Gasteiger partial charge on any atom is 0.231 e. The van der Waals surface area contributed by atoms with E-state index in [0.29, 0.717) is 29.2 Å². The Bertz CT molecular complexity index is 1190. The number of fused-ring (bicyclic) bond motifs is 1. The fourth-order valence-electron chi connectivity index (χ4n) is 3.63. The average Bonchev–Trinajstić information content (AvgIpc) is 3.36. The summed E-state index contributed by atoms with van der Waals surface area (Å²) in [6, 6.07) is 14.6. The predicted molar refractivity (Wildman–Crippen MR) is 113 cm³/mol. The SMILES string of the molecule is COc1cc(C#N)ccc1OCC(=O)c1cc(C)n(Cc2ccc3c(c2)OCO3)c1C. The molecule has 1 aliphatic rings. The number of nitrogens with zero attached hydrogens (tertiary/aromatic N) is 2. The molecule has 31 heavy (non-hydrogen) atoms. The number of methoxy groups -OCH3 is 1. The van der Waals surface area contributed by atoms with Crippen molar-refractivity contribution in [3.05, 3.63) is 70.5 Å². The number of rotatable bonds is 7. The van der Waals surface area contributed by atoms with Crippen molar-refractivity contribution in [2.45, 2.75) is 20.4 Å². The predicted octanol–water partition coefficient (Wildman–Crippen LogP) is 4.02. The van der Waals surface area contributed by atoms with Gasteiger partial charge < -0.3 is 23.5 Å². The molecule has 4 rings (SSSR count). The molecule has 0 saturated heterocycles. The lowest BCUT2D eigenvalue weighted by Gasteiger charge is -2.12. The number of carbonyl (C=O) groups is 1. The number of aryl methyl sites for hydroxylation is 1. The third kappa shape index (κ3) is 4.05. The lowest BCUT2D eigenvalue weighted by atomic mass is 10.1. The first-order valence-corrected chi connectivity index (χ1v) is 9.79. The van der Waals surface area contributed by atoms with Crippen LogP contribution < -0.4 is 18.9 Å². The Morgan fingerprint density at radius 1 is 1.10 bits per heavy atom. The first-order valence-electron chi connectivity index (χ1n) is 9.79. The molecule has 0 N–H and O–H groups in total. The second kappa shape index (κ2) is 8.44. The van der Waals surface area contributed by atoms with E-state index in [-0.39, 0.29) is 19.2 Å². The van der Waals surface area contributed by atoms with Gasteiger partial charge in [-0.3, -0.25) is 4.79 Å². The van der Waals surface area contributed by atoms with E-state index in [1.165, 1.54) is 7.11 Å². The second-order valence-corrected chi connectivity index (χ2v) is 7.25. The first kappa shape index (κ1) is 20.4. The Labute approximate surface area is 180 Å². The van der Waals surface area contributed by atoms with Crippen molar-refractivity contribution in [3.8, 4) is 29.1 Å². The van der Waals surface area contributed by atoms with Crippen LogP contribution in [0.3, 0.4) is 0 Å². The van der Waals surface area contributed by atoms with Gasteiger partial charge in [0, 0.05) is 29.6 Å². The number of benzene rings is 2. The molecule has 0 bridgehead atoms. The molecule has 158 valence electrons. The van der Waals surface area contributed by atoms with Crippen molar-refractivity contribution in [2.24, 2.45) is 0 Å².